The van der Waals surface area contributed by atoms with Crippen molar-refractivity contribution < 1.29 is 34.4 Å². The molecule has 0 aliphatic rings. The van der Waals surface area contributed by atoms with Crippen molar-refractivity contribution in [2.24, 2.45) is 0 Å². The van der Waals surface area contributed by atoms with Crippen molar-refractivity contribution >= 4 is 0 Å². The second-order valence-corrected chi connectivity index (χ2v) is 1.06. The normalized spacial score (nSPS) is 7.33. The van der Waals surface area contributed by atoms with Crippen LogP contribution in [-0.4, -0.2) is 36.6 Å². The van der Waals surface area contributed by atoms with Crippen molar-refractivity contribution in [3.8, 4) is 0 Å². The summed E-state index contributed by atoms with van der Waals surface area (Å²) < 4.78 is 4.63. The van der Waals surface area contributed by atoms with Crippen molar-refractivity contribution in [3.05, 3.63) is 7.43 Å². The van der Waals surface area contributed by atoms with E-state index in [0.29, 0.717) is 13.2 Å². The van der Waals surface area contributed by atoms with Crippen LogP contribution in [0.5, 0.6) is 0 Å². The average Bonchev–Trinajstić information content (AvgIpc) is 1.69. The Bertz CT molecular complexity index is 31.4. The van der Waals surface area contributed by atoms with E-state index in [1.54, 1.807) is 0 Å². The van der Waals surface area contributed by atoms with Crippen molar-refractivity contribution in [3.63, 3.8) is 0 Å². The van der Waals surface area contributed by atoms with Gasteiger partial charge in [0.05, 0.1) is 26.4 Å². The average molecular weight is 222 g/mol. The zero-order valence-corrected chi connectivity index (χ0v) is 7.22. The minimum absolute atomic E-state index is 0. The van der Waals surface area contributed by atoms with E-state index >= 15 is 0 Å². The third-order valence-electron chi connectivity index (χ3n) is 0.471. The summed E-state index contributed by atoms with van der Waals surface area (Å²) in [5, 5.41) is 16.2. The molecular weight excluding hydrogens is 209 g/mol. The molecule has 0 saturated carbocycles. The van der Waals surface area contributed by atoms with Crippen LogP contribution in [0.25, 0.3) is 0 Å². The second kappa shape index (κ2) is 15.8. The molecule has 0 saturated heterocycles. The fraction of sp³-hybridized carbons (Fsp3) is 0.800. The predicted octanol–water partition coefficient (Wildman–Crippen LogP) is -0.565. The largest absolute Gasteiger partial charge is 1.00 e. The molecule has 0 aromatic carbocycles. The van der Waals surface area contributed by atoms with Crippen LogP contribution in [0, 0.1) is 7.43 Å². The first-order chi connectivity index (χ1) is 3.41. The van der Waals surface area contributed by atoms with Gasteiger partial charge in [-0.3, -0.25) is 0 Å². The van der Waals surface area contributed by atoms with Crippen molar-refractivity contribution in [1.82, 2.24) is 0 Å². The molecule has 0 aliphatic carbocycles. The van der Waals surface area contributed by atoms with Gasteiger partial charge in [-0.15, -0.1) is 0 Å². The van der Waals surface area contributed by atoms with E-state index in [1.807, 2.05) is 0 Å². The number of aliphatic hydroxyl groups excluding tert-OH is 2. The Morgan fingerprint density at radius 2 is 1.33 bits per heavy atom. The smallest absolute Gasteiger partial charge is 0.394 e. The molecule has 0 heterocycles. The van der Waals surface area contributed by atoms with E-state index in [2.05, 4.69) is 4.74 Å². The van der Waals surface area contributed by atoms with Crippen LogP contribution >= 0.6 is 0 Å². The Morgan fingerprint density at radius 1 is 1.00 bits per heavy atom. The maximum atomic E-state index is 8.09. The number of hydrogen-bond donors (Lipinski definition) is 2. The molecule has 0 atom stereocenters. The van der Waals surface area contributed by atoms with E-state index in [-0.39, 0.29) is 40.1 Å². The van der Waals surface area contributed by atoms with E-state index in [4.69, 9.17) is 10.2 Å². The molecule has 0 aromatic rings. The third kappa shape index (κ3) is 17.7. The third-order valence-corrected chi connectivity index (χ3v) is 0.471. The summed E-state index contributed by atoms with van der Waals surface area (Å²) >= 11 is 0. The molecular formula is C5H13O3Ru. The Labute approximate surface area is 68.8 Å². The first-order valence-corrected chi connectivity index (χ1v) is 2.21. The minimum atomic E-state index is 0. The molecule has 9 heavy (non-hydrogen) atoms. The number of ether oxygens (including phenoxy) is 1. The molecule has 0 unspecified atom stereocenters. The van der Waals surface area contributed by atoms with Crippen LogP contribution < -0.4 is 0 Å². The topological polar surface area (TPSA) is 49.7 Å². The molecule has 0 amide bonds. The Kier molecular flexibility index (Phi) is 28.5. The molecule has 0 spiro atoms. The van der Waals surface area contributed by atoms with E-state index < -0.39 is 0 Å². The van der Waals surface area contributed by atoms with Crippen LogP contribution in [0.3, 0.4) is 0 Å². The van der Waals surface area contributed by atoms with Gasteiger partial charge in [0.15, 0.2) is 0 Å². The Hall–Kier alpha value is 0.503. The first kappa shape index (κ1) is 16.2. The van der Waals surface area contributed by atoms with Gasteiger partial charge in [0.2, 0.25) is 0 Å². The van der Waals surface area contributed by atoms with Crippen LogP contribution in [-0.2, 0) is 24.2 Å². The van der Waals surface area contributed by atoms with Gasteiger partial charge in [0.25, 0.3) is 0 Å². The molecule has 0 rings (SSSR count). The molecule has 4 heteroatoms. The summed E-state index contributed by atoms with van der Waals surface area (Å²) in [6, 6.07) is 0. The molecule has 1 radical (unpaired) electrons. The van der Waals surface area contributed by atoms with Crippen molar-refractivity contribution in [1.29, 1.82) is 0 Å². The van der Waals surface area contributed by atoms with Crippen LogP contribution in [0.1, 0.15) is 0 Å². The molecule has 0 aliphatic heterocycles. The zero-order chi connectivity index (χ0) is 5.54. The Balaban J connectivity index is -0.000000180. The standard InChI is InChI=1S/C4H10O3.CH3.Ru/c5-1-3-7-4-2-6;;/h5-6H,1-4H2;1H3;/q;-1;+1. The van der Waals surface area contributed by atoms with E-state index in [0.717, 1.165) is 0 Å². The zero-order valence-electron chi connectivity index (χ0n) is 5.48. The first-order valence-electron chi connectivity index (χ1n) is 2.21. The van der Waals surface area contributed by atoms with Gasteiger partial charge in [0.1, 0.15) is 0 Å². The number of hydrogen-bond acceptors (Lipinski definition) is 3. The van der Waals surface area contributed by atoms with Gasteiger partial charge in [-0.25, -0.2) is 0 Å². The number of rotatable bonds is 4. The summed E-state index contributed by atoms with van der Waals surface area (Å²) in [6.07, 6.45) is 0. The quantitative estimate of drug-likeness (QED) is 0.381. The summed E-state index contributed by atoms with van der Waals surface area (Å²) in [5.41, 5.74) is 0. The molecule has 0 bridgehead atoms. The van der Waals surface area contributed by atoms with Crippen molar-refractivity contribution in [2.45, 2.75) is 0 Å². The fourth-order valence-corrected chi connectivity index (χ4v) is 0.231. The maximum absolute atomic E-state index is 8.09. The van der Waals surface area contributed by atoms with E-state index in [1.165, 1.54) is 0 Å². The Morgan fingerprint density at radius 3 is 1.56 bits per heavy atom. The molecule has 59 valence electrons. The van der Waals surface area contributed by atoms with Crippen LogP contribution in [0.2, 0.25) is 0 Å². The monoisotopic (exact) mass is 223 g/mol. The van der Waals surface area contributed by atoms with Gasteiger partial charge in [-0.2, -0.15) is 0 Å². The van der Waals surface area contributed by atoms with Gasteiger partial charge in [0, 0.05) is 0 Å². The van der Waals surface area contributed by atoms with Gasteiger partial charge in [-0.1, -0.05) is 0 Å². The SMILES string of the molecule is OCCOCCO.[CH3-].[Ru+]. The molecule has 2 N–H and O–H groups in total. The van der Waals surface area contributed by atoms with Crippen LogP contribution in [0.15, 0.2) is 0 Å². The van der Waals surface area contributed by atoms with Gasteiger partial charge in [-0.05, 0) is 0 Å². The summed E-state index contributed by atoms with van der Waals surface area (Å²) in [6.45, 7) is 0.696. The van der Waals surface area contributed by atoms with E-state index in [9.17, 15) is 0 Å². The van der Waals surface area contributed by atoms with Gasteiger partial charge >= 0.3 is 19.5 Å². The van der Waals surface area contributed by atoms with Gasteiger partial charge < -0.3 is 22.4 Å². The molecule has 0 aromatic heterocycles. The summed E-state index contributed by atoms with van der Waals surface area (Å²) in [4.78, 5) is 0. The maximum Gasteiger partial charge on any atom is 1.00 e. The molecule has 3 nitrogen and oxygen atoms in total. The second-order valence-electron chi connectivity index (χ2n) is 1.06. The summed E-state index contributed by atoms with van der Waals surface area (Å²) in [7, 11) is 0. The fourth-order valence-electron chi connectivity index (χ4n) is 0.231. The molecule has 0 fully saturated rings. The summed E-state index contributed by atoms with van der Waals surface area (Å²) in [5.74, 6) is 0. The van der Waals surface area contributed by atoms with Crippen LogP contribution in [0.4, 0.5) is 0 Å². The number of aliphatic hydroxyl groups is 2. The van der Waals surface area contributed by atoms with Crippen molar-refractivity contribution in [2.75, 3.05) is 26.4 Å². The minimum Gasteiger partial charge on any atom is -0.394 e. The predicted molar refractivity (Wildman–Crippen MR) is 31.4 cm³/mol.